The number of rotatable bonds is 70. The van der Waals surface area contributed by atoms with E-state index in [0.29, 0.717) is 12.8 Å². The molecule has 6 N–H and O–H groups in total. The topological polar surface area (TPSA) is 269 Å². The second-order valence-corrected chi connectivity index (χ2v) is 27.8. The Kier molecular flexibility index (Phi) is 69.9. The molecule has 4 atom stereocenters. The highest BCUT2D eigenvalue weighted by Gasteiger charge is 2.27. The van der Waals surface area contributed by atoms with Crippen LogP contribution in [-0.2, 0) is 65.4 Å². The quantitative estimate of drug-likeness (QED) is 0.0191. The number of hydrogen-bond acceptors (Lipinski definition) is 16. The third-order valence-electron chi connectivity index (χ3n) is 16.0. The Balaban J connectivity index is 0. The van der Waals surface area contributed by atoms with Crippen LogP contribution in [-0.4, -0.2) is 98.6 Å². The van der Waals surface area contributed by atoms with Crippen molar-refractivity contribution in [1.29, 1.82) is 0 Å². The van der Waals surface area contributed by atoms with Gasteiger partial charge in [0.25, 0.3) is 0 Å². The van der Waals surface area contributed by atoms with E-state index >= 15 is 0 Å². The van der Waals surface area contributed by atoms with Crippen molar-refractivity contribution < 1.29 is 75.1 Å². The van der Waals surface area contributed by atoms with Crippen LogP contribution in [0.5, 0.6) is 0 Å². The zero-order valence-electron chi connectivity index (χ0n) is 58.2. The van der Waals surface area contributed by atoms with Gasteiger partial charge in [-0.2, -0.15) is 0 Å². The van der Waals surface area contributed by atoms with Gasteiger partial charge in [0.1, 0.15) is 13.2 Å². The molecule has 536 valence electrons. The first-order valence-electron chi connectivity index (χ1n) is 37.0. The van der Waals surface area contributed by atoms with Crippen molar-refractivity contribution in [3.05, 3.63) is 0 Å². The summed E-state index contributed by atoms with van der Waals surface area (Å²) in [4.78, 5) is 69.2. The third-order valence-corrected chi connectivity index (χ3v) is 18.0. The smallest absolute Gasteiger partial charge is 0.462 e. The van der Waals surface area contributed by atoms with Crippen molar-refractivity contribution in [2.24, 2.45) is 11.5 Å². The highest BCUT2D eigenvalue weighted by molar-refractivity contribution is 7.47. The van der Waals surface area contributed by atoms with Crippen molar-refractivity contribution in [3.8, 4) is 0 Å². The first-order valence-corrected chi connectivity index (χ1v) is 40.0. The van der Waals surface area contributed by atoms with Crippen LogP contribution in [0.3, 0.4) is 0 Å². The molecule has 0 aliphatic rings. The van der Waals surface area contributed by atoms with Gasteiger partial charge in [-0.1, -0.05) is 310 Å². The first-order chi connectivity index (χ1) is 43.7. The fourth-order valence-electron chi connectivity index (χ4n) is 10.4. The Hall–Kier alpha value is -1.98. The first kappa shape index (κ1) is 90.1. The van der Waals surface area contributed by atoms with Gasteiger partial charge in [0, 0.05) is 38.8 Å². The summed E-state index contributed by atoms with van der Waals surface area (Å²) in [6.45, 7) is 7.46. The fourth-order valence-corrected chi connectivity index (χ4v) is 12.0. The maximum Gasteiger partial charge on any atom is 0.472 e. The summed E-state index contributed by atoms with van der Waals surface area (Å²) in [5, 5.41) is 0. The van der Waals surface area contributed by atoms with Crippen LogP contribution >= 0.6 is 15.6 Å². The van der Waals surface area contributed by atoms with Gasteiger partial charge in [-0.15, -0.1) is 0 Å². The van der Waals surface area contributed by atoms with Gasteiger partial charge < -0.3 is 40.2 Å². The minimum Gasteiger partial charge on any atom is -0.462 e. The summed E-state index contributed by atoms with van der Waals surface area (Å²) in [5.74, 6) is -1.64. The molecular formula is C70H140N2O16P2. The SMILES string of the molecule is CCCCCCCCCCCCCCC(=O)OC[C@H](COP(=O)(O)OCCN)OC(=O)CCCCCCCCCCCCCC.CCCCCCCCCCCCCCC(=O)OC[C@H](COP(=O)(O)OCCN)OC(=O)CCCCCCCCCCCCCC. The van der Waals surface area contributed by atoms with Crippen LogP contribution in [0.1, 0.15) is 362 Å². The number of esters is 4. The van der Waals surface area contributed by atoms with Crippen LogP contribution in [0.25, 0.3) is 0 Å². The lowest BCUT2D eigenvalue weighted by Gasteiger charge is -2.19. The van der Waals surface area contributed by atoms with Gasteiger partial charge in [-0.3, -0.25) is 37.3 Å². The summed E-state index contributed by atoms with van der Waals surface area (Å²) < 4.78 is 65.2. The predicted molar refractivity (Wildman–Crippen MR) is 366 cm³/mol. The van der Waals surface area contributed by atoms with Crippen LogP contribution in [0.2, 0.25) is 0 Å². The summed E-state index contributed by atoms with van der Waals surface area (Å²) >= 11 is 0. The lowest BCUT2D eigenvalue weighted by molar-refractivity contribution is -0.161. The Bertz CT molecular complexity index is 1570. The molecule has 18 nitrogen and oxygen atoms in total. The van der Waals surface area contributed by atoms with Crippen molar-refractivity contribution >= 4 is 39.5 Å². The monoisotopic (exact) mass is 1330 g/mol. The van der Waals surface area contributed by atoms with Crippen molar-refractivity contribution in [1.82, 2.24) is 0 Å². The maximum atomic E-state index is 12.5. The lowest BCUT2D eigenvalue weighted by atomic mass is 10.0. The Labute approximate surface area is 550 Å². The van der Waals surface area contributed by atoms with E-state index in [0.717, 1.165) is 64.2 Å². The van der Waals surface area contributed by atoms with E-state index in [1.54, 1.807) is 0 Å². The summed E-state index contributed by atoms with van der Waals surface area (Å²) in [6.07, 6.45) is 56.8. The molecule has 20 heteroatoms. The molecule has 0 spiro atoms. The van der Waals surface area contributed by atoms with Crippen LogP contribution in [0, 0.1) is 0 Å². The summed E-state index contributed by atoms with van der Waals surface area (Å²) in [5.41, 5.74) is 10.6. The van der Waals surface area contributed by atoms with E-state index < -0.39 is 53.0 Å². The Morgan fingerprint density at radius 1 is 0.289 bits per heavy atom. The average molecular weight is 1330 g/mol. The van der Waals surface area contributed by atoms with Gasteiger partial charge in [0.2, 0.25) is 0 Å². The molecule has 2 unspecified atom stereocenters. The molecule has 0 aliphatic heterocycles. The molecule has 0 aliphatic carbocycles. The number of unbranched alkanes of at least 4 members (excludes halogenated alkanes) is 44. The lowest BCUT2D eigenvalue weighted by Crippen LogP contribution is -2.29. The standard InChI is InChI=1S/2C35H70NO8P/c2*1-3-5-7-9-11-13-15-17-19-21-23-25-27-34(37)41-31-33(32-43-45(39,40)42-30-29-36)44-35(38)28-26-24-22-20-18-16-14-12-10-8-6-4-2/h2*33H,3-32,36H2,1-2H3,(H,39,40)/t2*33-/m11/s1. The third kappa shape index (κ3) is 70.3. The number of phosphoric ester groups is 2. The number of carbonyl (C=O) groups excluding carboxylic acids is 4. The molecule has 0 radical (unpaired) electrons. The molecule has 0 fully saturated rings. The Morgan fingerprint density at radius 2 is 0.478 bits per heavy atom. The van der Waals surface area contributed by atoms with Crippen molar-refractivity contribution in [3.63, 3.8) is 0 Å². The molecule has 0 aromatic heterocycles. The number of nitrogens with two attached hydrogens (primary N) is 2. The molecule has 0 aromatic rings. The predicted octanol–water partition coefficient (Wildman–Crippen LogP) is 19.4. The van der Waals surface area contributed by atoms with Gasteiger partial charge >= 0.3 is 39.5 Å². The van der Waals surface area contributed by atoms with E-state index in [9.17, 15) is 38.1 Å². The molecule has 0 rings (SSSR count). The van der Waals surface area contributed by atoms with Crippen molar-refractivity contribution in [2.75, 3.05) is 52.7 Å². The zero-order chi connectivity index (χ0) is 66.5. The highest BCUT2D eigenvalue weighted by atomic mass is 31.2. The molecule has 0 aromatic carbocycles. The van der Waals surface area contributed by atoms with E-state index in [-0.39, 0.29) is 77.1 Å². The van der Waals surface area contributed by atoms with Crippen LogP contribution in [0.15, 0.2) is 0 Å². The average Bonchev–Trinajstić information content (AvgIpc) is 2.57. The molecule has 0 bridgehead atoms. The second-order valence-electron chi connectivity index (χ2n) is 24.9. The molecule has 0 amide bonds. The molecule has 0 heterocycles. The van der Waals surface area contributed by atoms with E-state index in [1.807, 2.05) is 0 Å². The number of phosphoric acid groups is 2. The van der Waals surface area contributed by atoms with E-state index in [2.05, 4.69) is 27.7 Å². The second kappa shape index (κ2) is 69.8. The maximum absolute atomic E-state index is 12.5. The minimum atomic E-state index is -4.36. The normalized spacial score (nSPS) is 13.4. The minimum absolute atomic E-state index is 0.0576. The number of ether oxygens (including phenoxy) is 4. The van der Waals surface area contributed by atoms with Gasteiger partial charge in [-0.25, -0.2) is 9.13 Å². The van der Waals surface area contributed by atoms with Gasteiger partial charge in [0.05, 0.1) is 26.4 Å². The molecule has 0 saturated heterocycles. The summed E-state index contributed by atoms with van der Waals surface area (Å²) in [7, 11) is -8.72. The van der Waals surface area contributed by atoms with Crippen LogP contribution < -0.4 is 11.5 Å². The van der Waals surface area contributed by atoms with E-state index in [1.165, 1.54) is 231 Å². The molecule has 0 saturated carbocycles. The fraction of sp³-hybridized carbons (Fsp3) is 0.943. The van der Waals surface area contributed by atoms with Gasteiger partial charge in [-0.05, 0) is 25.7 Å². The summed E-state index contributed by atoms with van der Waals surface area (Å²) in [6, 6.07) is 0. The largest absolute Gasteiger partial charge is 0.472 e. The van der Waals surface area contributed by atoms with Crippen molar-refractivity contribution in [2.45, 2.75) is 374 Å². The van der Waals surface area contributed by atoms with Gasteiger partial charge in [0.15, 0.2) is 12.2 Å². The zero-order valence-corrected chi connectivity index (χ0v) is 60.0. The van der Waals surface area contributed by atoms with Crippen LogP contribution in [0.4, 0.5) is 0 Å². The highest BCUT2D eigenvalue weighted by Crippen LogP contribution is 2.44. The number of hydrogen-bond donors (Lipinski definition) is 4. The van der Waals surface area contributed by atoms with E-state index in [4.69, 9.17) is 48.5 Å². The molecular weight excluding hydrogens is 1190 g/mol. The molecule has 90 heavy (non-hydrogen) atoms. The Morgan fingerprint density at radius 3 is 0.678 bits per heavy atom. The number of carbonyl (C=O) groups is 4.